The van der Waals surface area contributed by atoms with Crippen LogP contribution in [0.15, 0.2) is 38.6 Å². The second kappa shape index (κ2) is 5.25. The van der Waals surface area contributed by atoms with E-state index in [0.717, 1.165) is 12.3 Å². The molecule has 72 valence electrons. The minimum absolute atomic E-state index is 0.178. The fourth-order valence-corrected chi connectivity index (χ4v) is 2.22. The topological polar surface area (TPSA) is 89.6 Å². The number of nitrogens with two attached hydrogens (primary N) is 1. The molecule has 0 atom stereocenters. The molecule has 0 rings (SSSR count). The van der Waals surface area contributed by atoms with Gasteiger partial charge >= 0.3 is 0 Å². The molecule has 0 aromatic heterocycles. The summed E-state index contributed by atoms with van der Waals surface area (Å²) in [6.07, 6.45) is 3.14. The molecule has 0 saturated heterocycles. The molecule has 13 heavy (non-hydrogen) atoms. The van der Waals surface area contributed by atoms with Crippen LogP contribution in [0.25, 0.3) is 0 Å². The number of rotatable bonds is 4. The molecule has 0 spiro atoms. The van der Waals surface area contributed by atoms with Gasteiger partial charge in [-0.3, -0.25) is 0 Å². The minimum atomic E-state index is -3.83. The largest absolute Gasteiger partial charge is 0.239 e. The molecular weight excluding hydrogens is 307 g/mol. The van der Waals surface area contributed by atoms with Gasteiger partial charge in [0, 0.05) is 3.58 Å². The zero-order valence-corrected chi connectivity index (χ0v) is 9.45. The van der Waals surface area contributed by atoms with Gasteiger partial charge in [-0.05, 0) is 33.8 Å². The van der Waals surface area contributed by atoms with E-state index < -0.39 is 10.0 Å². The first kappa shape index (κ1) is 12.5. The second-order valence-corrected chi connectivity index (χ2v) is 4.57. The lowest BCUT2D eigenvalue weighted by Crippen LogP contribution is -2.14. The van der Waals surface area contributed by atoms with Gasteiger partial charge in [0.05, 0.1) is 11.1 Å². The highest BCUT2D eigenvalue weighted by Crippen LogP contribution is 2.18. The Kier molecular flexibility index (Phi) is 5.03. The Balaban J connectivity index is 5.36. The van der Waals surface area contributed by atoms with Gasteiger partial charge in [-0.2, -0.15) is 0 Å². The molecule has 0 fully saturated rings. The standard InChI is InChI=1S/C6H7IN2O3S/c1-2-5(7)6(3-4-9-10)13(8,11)12/h2-4H,1H2,(H2,8,11,12)/b4-3+,6-5-. The molecule has 2 N–H and O–H groups in total. The van der Waals surface area contributed by atoms with Gasteiger partial charge in [0.15, 0.2) is 0 Å². The SMILES string of the molecule is C=C/C(I)=C(\C=C\N=O)S(N)(=O)=O. The highest BCUT2D eigenvalue weighted by atomic mass is 127. The van der Waals surface area contributed by atoms with Crippen molar-refractivity contribution in [3.8, 4) is 0 Å². The van der Waals surface area contributed by atoms with Gasteiger partial charge in [-0.1, -0.05) is 12.7 Å². The normalized spacial score (nSPS) is 14.0. The molecule has 0 amide bonds. The van der Waals surface area contributed by atoms with Gasteiger partial charge in [-0.25, -0.2) is 13.6 Å². The Morgan fingerprint density at radius 2 is 2.08 bits per heavy atom. The molecule has 0 bridgehead atoms. The van der Waals surface area contributed by atoms with Gasteiger partial charge in [0.2, 0.25) is 10.0 Å². The van der Waals surface area contributed by atoms with Crippen LogP contribution in [-0.4, -0.2) is 8.42 Å². The third-order valence-corrected chi connectivity index (χ3v) is 3.36. The van der Waals surface area contributed by atoms with Crippen LogP contribution >= 0.6 is 22.6 Å². The smallest absolute Gasteiger partial charge is 0.225 e. The summed E-state index contributed by atoms with van der Waals surface area (Å²) in [5.74, 6) is 0. The van der Waals surface area contributed by atoms with Crippen LogP contribution in [-0.2, 0) is 10.0 Å². The van der Waals surface area contributed by atoms with E-state index in [4.69, 9.17) is 5.14 Å². The van der Waals surface area contributed by atoms with E-state index in [2.05, 4.69) is 11.8 Å². The number of halogens is 1. The van der Waals surface area contributed by atoms with Crippen LogP contribution in [0.3, 0.4) is 0 Å². The lowest BCUT2D eigenvalue weighted by atomic mass is 10.4. The van der Waals surface area contributed by atoms with E-state index in [1.165, 1.54) is 6.08 Å². The van der Waals surface area contributed by atoms with E-state index in [1.54, 1.807) is 22.6 Å². The Morgan fingerprint density at radius 1 is 1.54 bits per heavy atom. The molecule has 5 nitrogen and oxygen atoms in total. The van der Waals surface area contributed by atoms with E-state index in [0.29, 0.717) is 3.58 Å². The molecule has 0 radical (unpaired) electrons. The summed E-state index contributed by atoms with van der Waals surface area (Å²) < 4.78 is 22.2. The van der Waals surface area contributed by atoms with Crippen LogP contribution in [0.5, 0.6) is 0 Å². The van der Waals surface area contributed by atoms with Crippen LogP contribution in [0.4, 0.5) is 0 Å². The lowest BCUT2D eigenvalue weighted by Gasteiger charge is -1.98. The number of hydrogen-bond donors (Lipinski definition) is 1. The molecule has 0 saturated carbocycles. The Labute approximate surface area is 89.6 Å². The van der Waals surface area contributed by atoms with Crippen molar-refractivity contribution in [2.24, 2.45) is 10.3 Å². The van der Waals surface area contributed by atoms with Gasteiger partial charge in [0.1, 0.15) is 0 Å². The van der Waals surface area contributed by atoms with Crippen molar-refractivity contribution in [1.29, 1.82) is 0 Å². The van der Waals surface area contributed by atoms with Crippen LogP contribution < -0.4 is 5.14 Å². The highest BCUT2D eigenvalue weighted by molar-refractivity contribution is 14.1. The monoisotopic (exact) mass is 314 g/mol. The quantitative estimate of drug-likeness (QED) is 0.483. The Hall–Kier alpha value is -0.540. The predicted octanol–water partition coefficient (Wildman–Crippen LogP) is 1.39. The summed E-state index contributed by atoms with van der Waals surface area (Å²) in [6.45, 7) is 3.38. The fraction of sp³-hybridized carbons (Fsp3) is 0. The Bertz CT molecular complexity index is 369. The van der Waals surface area contributed by atoms with Crippen LogP contribution in [0.2, 0.25) is 0 Å². The molecule has 0 aromatic rings. The summed E-state index contributed by atoms with van der Waals surface area (Å²) in [7, 11) is -3.83. The van der Waals surface area contributed by atoms with E-state index in [-0.39, 0.29) is 4.91 Å². The first-order valence-electron chi connectivity index (χ1n) is 2.97. The summed E-state index contributed by atoms with van der Waals surface area (Å²) in [4.78, 5) is 9.55. The molecule has 7 heteroatoms. The summed E-state index contributed by atoms with van der Waals surface area (Å²) >= 11 is 1.74. The van der Waals surface area contributed by atoms with Gasteiger partial charge in [-0.15, -0.1) is 4.91 Å². The number of hydrogen-bond acceptors (Lipinski definition) is 4. The van der Waals surface area contributed by atoms with Crippen molar-refractivity contribution in [3.05, 3.63) is 38.3 Å². The maximum Gasteiger partial charge on any atom is 0.239 e. The average Bonchev–Trinajstić information content (AvgIpc) is 2.02. The number of nitroso groups, excluding NO2 is 1. The zero-order chi connectivity index (χ0) is 10.5. The second-order valence-electron chi connectivity index (χ2n) is 1.88. The first-order chi connectivity index (χ1) is 5.93. The zero-order valence-electron chi connectivity index (χ0n) is 6.47. The summed E-state index contributed by atoms with van der Waals surface area (Å²) in [6, 6.07) is 0. The molecule has 0 unspecified atom stereocenters. The van der Waals surface area contributed by atoms with Crippen molar-refractivity contribution in [2.75, 3.05) is 0 Å². The maximum atomic E-state index is 10.9. The lowest BCUT2D eigenvalue weighted by molar-refractivity contribution is 0.604. The van der Waals surface area contributed by atoms with E-state index >= 15 is 0 Å². The van der Waals surface area contributed by atoms with Crippen molar-refractivity contribution in [1.82, 2.24) is 0 Å². The van der Waals surface area contributed by atoms with Crippen LogP contribution in [0.1, 0.15) is 0 Å². The molecule has 0 aliphatic carbocycles. The van der Waals surface area contributed by atoms with Crippen molar-refractivity contribution in [2.45, 2.75) is 0 Å². The van der Waals surface area contributed by atoms with Gasteiger partial charge in [0.25, 0.3) is 0 Å². The molecule has 0 aliphatic heterocycles. The third-order valence-electron chi connectivity index (χ3n) is 1.01. The maximum absolute atomic E-state index is 10.9. The molecule has 0 heterocycles. The van der Waals surface area contributed by atoms with Crippen molar-refractivity contribution >= 4 is 32.6 Å². The minimum Gasteiger partial charge on any atom is -0.225 e. The molecular formula is C6H7IN2O3S. The third kappa shape index (κ3) is 4.29. The predicted molar refractivity (Wildman–Crippen MR) is 59.3 cm³/mol. The van der Waals surface area contributed by atoms with Crippen molar-refractivity contribution in [3.63, 3.8) is 0 Å². The number of primary sulfonamides is 1. The van der Waals surface area contributed by atoms with Crippen molar-refractivity contribution < 1.29 is 8.42 Å². The molecule has 0 aliphatic rings. The highest BCUT2D eigenvalue weighted by Gasteiger charge is 2.11. The first-order valence-corrected chi connectivity index (χ1v) is 5.60. The number of allylic oxidation sites excluding steroid dienone is 3. The average molecular weight is 314 g/mol. The van der Waals surface area contributed by atoms with Crippen LogP contribution in [0, 0.1) is 4.91 Å². The molecule has 0 aromatic carbocycles. The van der Waals surface area contributed by atoms with E-state index in [9.17, 15) is 13.3 Å². The van der Waals surface area contributed by atoms with Gasteiger partial charge < -0.3 is 0 Å². The number of sulfonamides is 1. The summed E-state index contributed by atoms with van der Waals surface area (Å²) in [5, 5.41) is 7.25. The van der Waals surface area contributed by atoms with E-state index in [1.807, 2.05) is 0 Å². The fourth-order valence-electron chi connectivity index (χ4n) is 0.509. The Morgan fingerprint density at radius 3 is 2.38 bits per heavy atom. The number of nitrogens with zero attached hydrogens (tertiary/aromatic N) is 1. The summed E-state index contributed by atoms with van der Waals surface area (Å²) in [5.41, 5.74) is 0.